The van der Waals surface area contributed by atoms with Crippen molar-refractivity contribution in [3.05, 3.63) is 28.5 Å². The monoisotopic (exact) mass is 329 g/mol. The van der Waals surface area contributed by atoms with Gasteiger partial charge in [-0.1, -0.05) is 15.9 Å². The quantitative estimate of drug-likeness (QED) is 0.850. The van der Waals surface area contributed by atoms with Gasteiger partial charge in [0.05, 0.1) is 0 Å². The smallest absolute Gasteiger partial charge is 0.263 e. The number of nitrogens with zero attached hydrogens (tertiary/aromatic N) is 1. The second-order valence-corrected chi connectivity index (χ2v) is 5.67. The number of carbonyl (C=O) groups excluding carboxylic acids is 1. The third kappa shape index (κ3) is 3.93. The highest BCUT2D eigenvalue weighted by atomic mass is 79.9. The van der Waals surface area contributed by atoms with Crippen LogP contribution in [0.2, 0.25) is 0 Å². The highest BCUT2D eigenvalue weighted by Crippen LogP contribution is 2.22. The molecule has 104 valence electrons. The van der Waals surface area contributed by atoms with Crippen molar-refractivity contribution >= 4 is 21.8 Å². The second kappa shape index (κ2) is 6.37. The van der Waals surface area contributed by atoms with E-state index in [9.17, 15) is 9.18 Å². The zero-order chi connectivity index (χ0) is 13.8. The Labute approximate surface area is 120 Å². The van der Waals surface area contributed by atoms with Gasteiger partial charge >= 0.3 is 0 Å². The van der Waals surface area contributed by atoms with E-state index < -0.39 is 6.10 Å². The molecule has 0 aromatic heterocycles. The molecule has 1 saturated heterocycles. The number of amides is 1. The van der Waals surface area contributed by atoms with Crippen molar-refractivity contribution in [1.82, 2.24) is 4.90 Å². The van der Waals surface area contributed by atoms with Gasteiger partial charge in [-0.25, -0.2) is 4.39 Å². The number of ether oxygens (including phenoxy) is 1. The molecule has 1 aliphatic heterocycles. The number of hydrogen-bond donors (Lipinski definition) is 0. The van der Waals surface area contributed by atoms with Gasteiger partial charge in [0.1, 0.15) is 11.6 Å². The first-order chi connectivity index (χ1) is 9.06. The van der Waals surface area contributed by atoms with E-state index in [0.717, 1.165) is 25.9 Å². The van der Waals surface area contributed by atoms with Gasteiger partial charge in [0.25, 0.3) is 5.91 Å². The molecule has 1 aromatic rings. The number of piperidine rings is 1. The molecule has 0 aliphatic carbocycles. The van der Waals surface area contributed by atoms with E-state index in [0.29, 0.717) is 10.2 Å². The number of likely N-dealkylation sites (tertiary alicyclic amines) is 1. The molecule has 1 fully saturated rings. The Kier molecular flexibility index (Phi) is 4.80. The molecule has 1 aromatic carbocycles. The van der Waals surface area contributed by atoms with Crippen molar-refractivity contribution in [3.63, 3.8) is 0 Å². The van der Waals surface area contributed by atoms with E-state index >= 15 is 0 Å². The summed E-state index contributed by atoms with van der Waals surface area (Å²) in [6.45, 7) is 3.29. The molecule has 1 amide bonds. The Hall–Kier alpha value is -1.10. The van der Waals surface area contributed by atoms with Gasteiger partial charge in [0, 0.05) is 23.6 Å². The predicted molar refractivity (Wildman–Crippen MR) is 74.6 cm³/mol. The normalized spacial score (nSPS) is 17.1. The minimum absolute atomic E-state index is 0.0277. The molecule has 0 radical (unpaired) electrons. The molecule has 0 bridgehead atoms. The van der Waals surface area contributed by atoms with Crippen LogP contribution in [0.5, 0.6) is 5.75 Å². The van der Waals surface area contributed by atoms with Crippen molar-refractivity contribution in [3.8, 4) is 5.75 Å². The largest absolute Gasteiger partial charge is 0.481 e. The fraction of sp³-hybridized carbons (Fsp3) is 0.500. The van der Waals surface area contributed by atoms with E-state index in [-0.39, 0.29) is 11.7 Å². The molecule has 1 unspecified atom stereocenters. The Morgan fingerprint density at radius 3 is 2.63 bits per heavy atom. The third-order valence-corrected chi connectivity index (χ3v) is 3.62. The standard InChI is InChI=1S/C14H17BrFNO2/c1-10(14(18)17-5-3-2-4-6-17)19-13-8-11(15)7-12(16)9-13/h7-10H,2-6H2,1H3. The summed E-state index contributed by atoms with van der Waals surface area (Å²) in [4.78, 5) is 14.0. The molecule has 1 heterocycles. The average Bonchev–Trinajstić information content (AvgIpc) is 2.37. The van der Waals surface area contributed by atoms with Crippen molar-refractivity contribution in [2.45, 2.75) is 32.3 Å². The van der Waals surface area contributed by atoms with E-state index in [2.05, 4.69) is 15.9 Å². The van der Waals surface area contributed by atoms with Crippen molar-refractivity contribution < 1.29 is 13.9 Å². The van der Waals surface area contributed by atoms with Crippen LogP contribution >= 0.6 is 15.9 Å². The summed E-state index contributed by atoms with van der Waals surface area (Å²) in [5.74, 6) is -0.0492. The first kappa shape index (κ1) is 14.3. The van der Waals surface area contributed by atoms with E-state index in [4.69, 9.17) is 4.74 Å². The van der Waals surface area contributed by atoms with Gasteiger partial charge in [-0.15, -0.1) is 0 Å². The summed E-state index contributed by atoms with van der Waals surface area (Å²) in [5.41, 5.74) is 0. The van der Waals surface area contributed by atoms with E-state index in [1.807, 2.05) is 4.90 Å². The molecule has 3 nitrogen and oxygen atoms in total. The molecule has 19 heavy (non-hydrogen) atoms. The summed E-state index contributed by atoms with van der Waals surface area (Å²) in [7, 11) is 0. The van der Waals surface area contributed by atoms with Gasteiger partial charge in [-0.05, 0) is 38.3 Å². The van der Waals surface area contributed by atoms with Crippen molar-refractivity contribution in [2.75, 3.05) is 13.1 Å². The molecule has 0 spiro atoms. The van der Waals surface area contributed by atoms with Gasteiger partial charge in [0.2, 0.25) is 0 Å². The lowest BCUT2D eigenvalue weighted by Crippen LogP contribution is -2.43. The molecule has 0 N–H and O–H groups in total. The second-order valence-electron chi connectivity index (χ2n) is 4.75. The van der Waals surface area contributed by atoms with Crippen molar-refractivity contribution in [1.29, 1.82) is 0 Å². The van der Waals surface area contributed by atoms with Gasteiger partial charge in [-0.3, -0.25) is 4.79 Å². The molecule has 1 atom stereocenters. The molecular weight excluding hydrogens is 313 g/mol. The van der Waals surface area contributed by atoms with Gasteiger partial charge in [-0.2, -0.15) is 0 Å². The zero-order valence-electron chi connectivity index (χ0n) is 10.9. The maximum absolute atomic E-state index is 13.2. The minimum Gasteiger partial charge on any atom is -0.481 e. The highest BCUT2D eigenvalue weighted by molar-refractivity contribution is 9.10. The highest BCUT2D eigenvalue weighted by Gasteiger charge is 2.23. The number of hydrogen-bond acceptors (Lipinski definition) is 2. The minimum atomic E-state index is -0.591. The van der Waals surface area contributed by atoms with Crippen LogP contribution in [0.25, 0.3) is 0 Å². The Morgan fingerprint density at radius 1 is 1.32 bits per heavy atom. The van der Waals surface area contributed by atoms with Crippen LogP contribution in [0.4, 0.5) is 4.39 Å². The third-order valence-electron chi connectivity index (χ3n) is 3.16. The topological polar surface area (TPSA) is 29.5 Å². The van der Waals surface area contributed by atoms with Crippen LogP contribution in [0, 0.1) is 5.82 Å². The maximum atomic E-state index is 13.2. The number of carbonyl (C=O) groups is 1. The first-order valence-electron chi connectivity index (χ1n) is 6.48. The lowest BCUT2D eigenvalue weighted by molar-refractivity contribution is -0.138. The Morgan fingerprint density at radius 2 is 2.00 bits per heavy atom. The average molecular weight is 330 g/mol. The number of rotatable bonds is 3. The van der Waals surface area contributed by atoms with Gasteiger partial charge in [0.15, 0.2) is 6.10 Å². The number of benzene rings is 1. The molecular formula is C14H17BrFNO2. The zero-order valence-corrected chi connectivity index (χ0v) is 12.5. The summed E-state index contributed by atoms with van der Waals surface area (Å²) in [5, 5.41) is 0. The van der Waals surface area contributed by atoms with Crippen LogP contribution in [-0.2, 0) is 4.79 Å². The van der Waals surface area contributed by atoms with Crippen LogP contribution < -0.4 is 4.74 Å². The maximum Gasteiger partial charge on any atom is 0.263 e. The predicted octanol–water partition coefficient (Wildman–Crippen LogP) is 3.37. The summed E-state index contributed by atoms with van der Waals surface area (Å²) in [6.07, 6.45) is 2.68. The lowest BCUT2D eigenvalue weighted by Gasteiger charge is -2.29. The Balaban J connectivity index is 1.99. The summed E-state index contributed by atoms with van der Waals surface area (Å²) in [6, 6.07) is 4.29. The van der Waals surface area contributed by atoms with Crippen LogP contribution in [0.3, 0.4) is 0 Å². The fourth-order valence-electron chi connectivity index (χ4n) is 2.22. The molecule has 0 saturated carbocycles. The number of halogens is 2. The first-order valence-corrected chi connectivity index (χ1v) is 7.27. The van der Waals surface area contributed by atoms with Crippen LogP contribution in [0.1, 0.15) is 26.2 Å². The summed E-state index contributed by atoms with van der Waals surface area (Å²) < 4.78 is 19.4. The van der Waals surface area contributed by atoms with Crippen LogP contribution in [-0.4, -0.2) is 30.0 Å². The van der Waals surface area contributed by atoms with Crippen LogP contribution in [0.15, 0.2) is 22.7 Å². The molecule has 2 rings (SSSR count). The SMILES string of the molecule is CC(Oc1cc(F)cc(Br)c1)C(=O)N1CCCCC1. The Bertz CT molecular complexity index is 441. The fourth-order valence-corrected chi connectivity index (χ4v) is 2.67. The lowest BCUT2D eigenvalue weighted by atomic mass is 10.1. The van der Waals surface area contributed by atoms with E-state index in [1.54, 1.807) is 13.0 Å². The van der Waals surface area contributed by atoms with E-state index in [1.165, 1.54) is 18.6 Å². The van der Waals surface area contributed by atoms with Gasteiger partial charge < -0.3 is 9.64 Å². The summed E-state index contributed by atoms with van der Waals surface area (Å²) >= 11 is 3.20. The molecule has 1 aliphatic rings. The van der Waals surface area contributed by atoms with Crippen molar-refractivity contribution in [2.24, 2.45) is 0 Å². The molecule has 5 heteroatoms.